The van der Waals surface area contributed by atoms with E-state index in [1.54, 1.807) is 7.11 Å². The summed E-state index contributed by atoms with van der Waals surface area (Å²) in [5.74, 6) is 7.30. The van der Waals surface area contributed by atoms with Crippen molar-refractivity contribution in [2.45, 2.75) is 19.8 Å². The molecule has 0 aliphatic carbocycles. The number of rotatable bonds is 6. The Labute approximate surface area is 103 Å². The highest BCUT2D eigenvalue weighted by Gasteiger charge is 2.05. The van der Waals surface area contributed by atoms with Gasteiger partial charge in [0.2, 0.25) is 0 Å². The molecule has 92 valence electrons. The maximum atomic E-state index is 5.65. The van der Waals surface area contributed by atoms with Gasteiger partial charge in [0.15, 0.2) is 11.5 Å². The fourth-order valence-corrected chi connectivity index (χ4v) is 1.49. The van der Waals surface area contributed by atoms with E-state index < -0.39 is 0 Å². The van der Waals surface area contributed by atoms with E-state index in [2.05, 4.69) is 11.8 Å². The van der Waals surface area contributed by atoms with Crippen molar-refractivity contribution in [1.82, 2.24) is 0 Å². The van der Waals surface area contributed by atoms with E-state index in [4.69, 9.17) is 15.2 Å². The Hall–Kier alpha value is -1.66. The van der Waals surface area contributed by atoms with Gasteiger partial charge in [-0.2, -0.15) is 0 Å². The molecule has 0 atom stereocenters. The molecule has 0 amide bonds. The fraction of sp³-hybridized carbons (Fsp3) is 0.429. The molecule has 3 heteroatoms. The molecule has 1 rings (SSSR count). The van der Waals surface area contributed by atoms with Gasteiger partial charge in [-0.1, -0.05) is 6.07 Å². The van der Waals surface area contributed by atoms with Gasteiger partial charge in [-0.3, -0.25) is 0 Å². The van der Waals surface area contributed by atoms with Crippen molar-refractivity contribution >= 4 is 0 Å². The van der Waals surface area contributed by atoms with E-state index in [9.17, 15) is 0 Å². The predicted molar refractivity (Wildman–Crippen MR) is 69.3 cm³/mol. The second-order valence-corrected chi connectivity index (χ2v) is 3.55. The van der Waals surface area contributed by atoms with Crippen molar-refractivity contribution in [3.05, 3.63) is 23.8 Å². The lowest BCUT2D eigenvalue weighted by Gasteiger charge is -2.11. The summed E-state index contributed by atoms with van der Waals surface area (Å²) in [5.41, 5.74) is 6.69. The summed E-state index contributed by atoms with van der Waals surface area (Å²) in [4.78, 5) is 0. The zero-order chi connectivity index (χ0) is 12.5. The molecule has 0 radical (unpaired) electrons. The van der Waals surface area contributed by atoms with Crippen LogP contribution in [-0.2, 0) is 6.42 Å². The molecule has 0 aromatic heterocycles. The monoisotopic (exact) mass is 233 g/mol. The lowest BCUT2D eigenvalue weighted by atomic mass is 10.1. The Bertz CT molecular complexity index is 404. The summed E-state index contributed by atoms with van der Waals surface area (Å²) in [7, 11) is 1.64. The van der Waals surface area contributed by atoms with Crippen molar-refractivity contribution in [2.24, 2.45) is 5.73 Å². The molecule has 0 aliphatic heterocycles. The first kappa shape index (κ1) is 13.4. The van der Waals surface area contributed by atoms with Crippen LogP contribution in [0, 0.1) is 11.8 Å². The number of nitrogens with two attached hydrogens (primary N) is 1. The zero-order valence-electron chi connectivity index (χ0n) is 10.5. The minimum atomic E-state index is 0.573. The molecule has 0 bridgehead atoms. The quantitative estimate of drug-likeness (QED) is 0.603. The smallest absolute Gasteiger partial charge is 0.161 e. The first-order valence-electron chi connectivity index (χ1n) is 5.71. The topological polar surface area (TPSA) is 44.5 Å². The van der Waals surface area contributed by atoms with Crippen molar-refractivity contribution in [3.63, 3.8) is 0 Å². The third-order valence-corrected chi connectivity index (χ3v) is 2.32. The van der Waals surface area contributed by atoms with Crippen LogP contribution in [0.1, 0.15) is 18.9 Å². The Kier molecular flexibility index (Phi) is 5.98. The van der Waals surface area contributed by atoms with E-state index in [0.717, 1.165) is 29.9 Å². The predicted octanol–water partition coefficient (Wildman–Crippen LogP) is 1.99. The van der Waals surface area contributed by atoms with Gasteiger partial charge in [0.25, 0.3) is 0 Å². The lowest BCUT2D eigenvalue weighted by Crippen LogP contribution is -2.04. The second kappa shape index (κ2) is 7.59. The molecule has 0 heterocycles. The Balaban J connectivity index is 2.70. The molecule has 3 nitrogen and oxygen atoms in total. The van der Waals surface area contributed by atoms with Crippen LogP contribution in [0.2, 0.25) is 0 Å². The van der Waals surface area contributed by atoms with E-state index in [0.29, 0.717) is 13.2 Å². The van der Waals surface area contributed by atoms with Gasteiger partial charge in [0.05, 0.1) is 13.7 Å². The summed E-state index contributed by atoms with van der Waals surface area (Å²) >= 11 is 0. The molecule has 17 heavy (non-hydrogen) atoms. The van der Waals surface area contributed by atoms with Crippen molar-refractivity contribution in [2.75, 3.05) is 20.3 Å². The Morgan fingerprint density at radius 3 is 2.76 bits per heavy atom. The highest BCUT2D eigenvalue weighted by Crippen LogP contribution is 2.28. The second-order valence-electron chi connectivity index (χ2n) is 3.55. The first-order chi connectivity index (χ1) is 8.31. The molecule has 1 aromatic carbocycles. The van der Waals surface area contributed by atoms with Crippen LogP contribution in [0.25, 0.3) is 0 Å². The number of hydrogen-bond acceptors (Lipinski definition) is 3. The van der Waals surface area contributed by atoms with E-state index in [-0.39, 0.29) is 0 Å². The molecular weight excluding hydrogens is 214 g/mol. The standard InChI is InChI=1S/C14H19NO2/c1-3-4-5-10-17-14-11-12(8-9-15)6-7-13(14)16-2/h6-7,11H,5,8-10,15H2,1-2H3. The highest BCUT2D eigenvalue weighted by molar-refractivity contribution is 5.43. The van der Waals surface area contributed by atoms with Crippen LogP contribution < -0.4 is 15.2 Å². The zero-order valence-corrected chi connectivity index (χ0v) is 10.5. The maximum absolute atomic E-state index is 5.65. The molecule has 0 fully saturated rings. The van der Waals surface area contributed by atoms with Crippen molar-refractivity contribution < 1.29 is 9.47 Å². The third-order valence-electron chi connectivity index (χ3n) is 2.32. The lowest BCUT2D eigenvalue weighted by molar-refractivity contribution is 0.301. The average Bonchev–Trinajstić information content (AvgIpc) is 2.35. The minimum Gasteiger partial charge on any atom is -0.493 e. The Morgan fingerprint density at radius 1 is 1.29 bits per heavy atom. The summed E-state index contributed by atoms with van der Waals surface area (Å²) in [6, 6.07) is 5.89. The van der Waals surface area contributed by atoms with Gasteiger partial charge in [0, 0.05) is 6.42 Å². The van der Waals surface area contributed by atoms with Gasteiger partial charge >= 0.3 is 0 Å². The highest BCUT2D eigenvalue weighted by atomic mass is 16.5. The molecule has 0 unspecified atom stereocenters. The molecule has 1 aromatic rings. The number of ether oxygens (including phenoxy) is 2. The van der Waals surface area contributed by atoms with Crippen LogP contribution in [-0.4, -0.2) is 20.3 Å². The maximum Gasteiger partial charge on any atom is 0.161 e. The number of hydrogen-bond donors (Lipinski definition) is 1. The largest absolute Gasteiger partial charge is 0.493 e. The van der Waals surface area contributed by atoms with E-state index in [1.165, 1.54) is 0 Å². The van der Waals surface area contributed by atoms with Crippen molar-refractivity contribution in [1.29, 1.82) is 0 Å². The third kappa shape index (κ3) is 4.38. The first-order valence-corrected chi connectivity index (χ1v) is 5.71. The van der Waals surface area contributed by atoms with Gasteiger partial charge in [-0.05, 0) is 37.6 Å². The van der Waals surface area contributed by atoms with Crippen molar-refractivity contribution in [3.8, 4) is 23.3 Å². The summed E-state index contributed by atoms with van der Waals surface area (Å²) < 4.78 is 10.9. The van der Waals surface area contributed by atoms with Crippen LogP contribution >= 0.6 is 0 Å². The van der Waals surface area contributed by atoms with Crippen LogP contribution in [0.5, 0.6) is 11.5 Å². The van der Waals surface area contributed by atoms with Gasteiger partial charge in [0.1, 0.15) is 0 Å². The molecular formula is C14H19NO2. The summed E-state index contributed by atoms with van der Waals surface area (Å²) in [6.07, 6.45) is 1.57. The van der Waals surface area contributed by atoms with Gasteiger partial charge in [-0.15, -0.1) is 11.8 Å². The summed E-state index contributed by atoms with van der Waals surface area (Å²) in [6.45, 7) is 3.03. The average molecular weight is 233 g/mol. The van der Waals surface area contributed by atoms with E-state index in [1.807, 2.05) is 25.1 Å². The number of benzene rings is 1. The minimum absolute atomic E-state index is 0.573. The van der Waals surface area contributed by atoms with Gasteiger partial charge < -0.3 is 15.2 Å². The van der Waals surface area contributed by atoms with Gasteiger partial charge in [-0.25, -0.2) is 0 Å². The molecule has 2 N–H and O–H groups in total. The number of methoxy groups -OCH3 is 1. The fourth-order valence-electron chi connectivity index (χ4n) is 1.49. The van der Waals surface area contributed by atoms with Crippen LogP contribution in [0.15, 0.2) is 18.2 Å². The van der Waals surface area contributed by atoms with Crippen LogP contribution in [0.3, 0.4) is 0 Å². The van der Waals surface area contributed by atoms with Crippen LogP contribution in [0.4, 0.5) is 0 Å². The summed E-state index contributed by atoms with van der Waals surface area (Å²) in [5, 5.41) is 0. The Morgan fingerprint density at radius 2 is 2.12 bits per heavy atom. The normalized spacial score (nSPS) is 9.35. The SMILES string of the molecule is CC#CCCOc1cc(CCN)ccc1OC. The molecule has 0 saturated heterocycles. The van der Waals surface area contributed by atoms with E-state index >= 15 is 0 Å². The molecule has 0 saturated carbocycles. The molecule has 0 aliphatic rings. The molecule has 0 spiro atoms.